The average Bonchev–Trinajstić information content (AvgIpc) is 3.47. The number of rotatable bonds is 6. The molecule has 5 nitrogen and oxygen atoms in total. The maximum absolute atomic E-state index is 13.1. The zero-order valence-corrected chi connectivity index (χ0v) is 16.5. The van der Waals surface area contributed by atoms with Gasteiger partial charge in [-0.1, -0.05) is 11.6 Å². The standard InChI is InChI=1S/C19H20ClFN2O3S/c1-12(13-3-4-13)22-19(24)17-11-16(9-10-18(17)20)27(25,26)23(2)15-7-5-14(21)6-8-15/h5-13H,3-4H2,1-2H3,(H,22,24). The molecule has 0 aliphatic heterocycles. The summed E-state index contributed by atoms with van der Waals surface area (Å²) >= 11 is 6.12. The van der Waals surface area contributed by atoms with Crippen LogP contribution in [0.4, 0.5) is 10.1 Å². The summed E-state index contributed by atoms with van der Waals surface area (Å²) in [5, 5.41) is 3.05. The lowest BCUT2D eigenvalue weighted by Crippen LogP contribution is -2.34. The van der Waals surface area contributed by atoms with Gasteiger partial charge in [0.05, 0.1) is 21.2 Å². The van der Waals surface area contributed by atoms with Gasteiger partial charge in [0.15, 0.2) is 0 Å². The Morgan fingerprint density at radius 1 is 1.22 bits per heavy atom. The quantitative estimate of drug-likeness (QED) is 0.786. The Kier molecular flexibility index (Phi) is 5.44. The lowest BCUT2D eigenvalue weighted by molar-refractivity contribution is 0.0936. The van der Waals surface area contributed by atoms with Gasteiger partial charge in [-0.05, 0) is 68.1 Å². The number of sulfonamides is 1. The van der Waals surface area contributed by atoms with Crippen molar-refractivity contribution in [2.24, 2.45) is 5.92 Å². The third-order valence-electron chi connectivity index (χ3n) is 4.72. The van der Waals surface area contributed by atoms with Crippen molar-refractivity contribution >= 4 is 33.2 Å². The highest BCUT2D eigenvalue weighted by Gasteiger charge is 2.30. The summed E-state index contributed by atoms with van der Waals surface area (Å²) in [6.07, 6.45) is 2.15. The molecule has 27 heavy (non-hydrogen) atoms. The Morgan fingerprint density at radius 2 is 1.85 bits per heavy atom. The second-order valence-electron chi connectivity index (χ2n) is 6.69. The highest BCUT2D eigenvalue weighted by molar-refractivity contribution is 7.92. The average molecular weight is 411 g/mol. The van der Waals surface area contributed by atoms with Crippen molar-refractivity contribution < 1.29 is 17.6 Å². The Bertz CT molecular complexity index is 959. The number of nitrogens with one attached hydrogen (secondary N) is 1. The molecule has 0 heterocycles. The molecular weight excluding hydrogens is 391 g/mol. The summed E-state index contributed by atoms with van der Waals surface area (Å²) < 4.78 is 39.9. The summed E-state index contributed by atoms with van der Waals surface area (Å²) in [5.74, 6) is -0.398. The van der Waals surface area contributed by atoms with E-state index in [1.165, 1.54) is 49.5 Å². The van der Waals surface area contributed by atoms with Gasteiger partial charge in [-0.2, -0.15) is 0 Å². The fourth-order valence-corrected chi connectivity index (χ4v) is 4.21. The first kappa shape index (κ1) is 19.6. The van der Waals surface area contributed by atoms with E-state index in [4.69, 9.17) is 11.6 Å². The van der Waals surface area contributed by atoms with Crippen LogP contribution in [0.5, 0.6) is 0 Å². The van der Waals surface area contributed by atoms with Crippen LogP contribution in [0.2, 0.25) is 5.02 Å². The van der Waals surface area contributed by atoms with Crippen LogP contribution in [-0.4, -0.2) is 27.4 Å². The molecule has 8 heteroatoms. The minimum absolute atomic E-state index is 0.00992. The van der Waals surface area contributed by atoms with E-state index in [9.17, 15) is 17.6 Å². The van der Waals surface area contributed by atoms with Crippen LogP contribution in [0.25, 0.3) is 0 Å². The van der Waals surface area contributed by atoms with Gasteiger partial charge in [-0.25, -0.2) is 12.8 Å². The largest absolute Gasteiger partial charge is 0.349 e. The second-order valence-corrected chi connectivity index (χ2v) is 9.07. The molecule has 1 aliphatic rings. The first-order chi connectivity index (χ1) is 12.7. The van der Waals surface area contributed by atoms with Gasteiger partial charge in [0.25, 0.3) is 15.9 Å². The molecule has 1 N–H and O–H groups in total. The molecule has 0 bridgehead atoms. The van der Waals surface area contributed by atoms with Gasteiger partial charge in [0, 0.05) is 13.1 Å². The van der Waals surface area contributed by atoms with Gasteiger partial charge in [0.1, 0.15) is 5.82 Å². The first-order valence-corrected chi connectivity index (χ1v) is 10.4. The third kappa shape index (κ3) is 4.25. The maximum atomic E-state index is 13.1. The topological polar surface area (TPSA) is 66.5 Å². The summed E-state index contributed by atoms with van der Waals surface area (Å²) in [4.78, 5) is 12.5. The number of carbonyl (C=O) groups is 1. The highest BCUT2D eigenvalue weighted by atomic mass is 35.5. The third-order valence-corrected chi connectivity index (χ3v) is 6.83. The Hall–Kier alpha value is -2.12. The molecule has 1 unspecified atom stereocenters. The van der Waals surface area contributed by atoms with E-state index >= 15 is 0 Å². The van der Waals surface area contributed by atoms with Crippen molar-refractivity contribution in [3.05, 3.63) is 58.9 Å². The van der Waals surface area contributed by atoms with E-state index in [1.807, 2.05) is 6.92 Å². The number of nitrogens with zero attached hydrogens (tertiary/aromatic N) is 1. The van der Waals surface area contributed by atoms with E-state index in [1.54, 1.807) is 0 Å². The SMILES string of the molecule is CC(NC(=O)c1cc(S(=O)(=O)N(C)c2ccc(F)cc2)ccc1Cl)C1CC1. The molecule has 2 aromatic carbocycles. The summed E-state index contributed by atoms with van der Waals surface area (Å²) in [7, 11) is -2.57. The molecule has 1 aliphatic carbocycles. The van der Waals surface area contributed by atoms with Gasteiger partial charge >= 0.3 is 0 Å². The fraction of sp³-hybridized carbons (Fsp3) is 0.316. The van der Waals surface area contributed by atoms with Crippen molar-refractivity contribution in [3.8, 4) is 0 Å². The fourth-order valence-electron chi connectivity index (χ4n) is 2.79. The van der Waals surface area contributed by atoms with Crippen LogP contribution in [0.3, 0.4) is 0 Å². The van der Waals surface area contributed by atoms with Crippen molar-refractivity contribution in [1.82, 2.24) is 5.32 Å². The normalized spacial score (nSPS) is 15.3. The van der Waals surface area contributed by atoms with Crippen LogP contribution < -0.4 is 9.62 Å². The van der Waals surface area contributed by atoms with Crippen LogP contribution in [-0.2, 0) is 10.0 Å². The van der Waals surface area contributed by atoms with E-state index < -0.39 is 21.7 Å². The van der Waals surface area contributed by atoms with Crippen molar-refractivity contribution in [3.63, 3.8) is 0 Å². The van der Waals surface area contributed by atoms with Crippen LogP contribution in [0.15, 0.2) is 47.4 Å². The minimum Gasteiger partial charge on any atom is -0.349 e. The van der Waals surface area contributed by atoms with Gasteiger partial charge in [-0.3, -0.25) is 9.10 Å². The number of anilines is 1. The zero-order valence-electron chi connectivity index (χ0n) is 14.9. The Balaban J connectivity index is 1.89. The Morgan fingerprint density at radius 3 is 2.44 bits per heavy atom. The molecule has 0 aromatic heterocycles. The number of halogens is 2. The van der Waals surface area contributed by atoms with Gasteiger partial charge < -0.3 is 5.32 Å². The van der Waals surface area contributed by atoms with E-state index in [-0.39, 0.29) is 21.5 Å². The molecule has 1 amide bonds. The molecule has 0 radical (unpaired) electrons. The van der Waals surface area contributed by atoms with Crippen molar-refractivity contribution in [1.29, 1.82) is 0 Å². The van der Waals surface area contributed by atoms with Gasteiger partial charge in [0.2, 0.25) is 0 Å². The number of benzene rings is 2. The number of amides is 1. The lowest BCUT2D eigenvalue weighted by Gasteiger charge is -2.20. The zero-order chi connectivity index (χ0) is 19.8. The molecule has 1 atom stereocenters. The molecule has 0 spiro atoms. The molecule has 0 saturated heterocycles. The predicted octanol–water partition coefficient (Wildman–Crippen LogP) is 3.83. The molecule has 3 rings (SSSR count). The van der Waals surface area contributed by atoms with Crippen LogP contribution in [0, 0.1) is 11.7 Å². The molecule has 1 saturated carbocycles. The van der Waals surface area contributed by atoms with Crippen LogP contribution in [0.1, 0.15) is 30.1 Å². The molecule has 144 valence electrons. The number of hydrogen-bond acceptors (Lipinski definition) is 3. The van der Waals surface area contributed by atoms with E-state index in [2.05, 4.69) is 5.32 Å². The number of hydrogen-bond donors (Lipinski definition) is 1. The predicted molar refractivity (Wildman–Crippen MR) is 103 cm³/mol. The molecule has 2 aromatic rings. The van der Waals surface area contributed by atoms with Crippen LogP contribution >= 0.6 is 11.6 Å². The second kappa shape index (κ2) is 7.48. The lowest BCUT2D eigenvalue weighted by atomic mass is 10.1. The smallest absolute Gasteiger partial charge is 0.264 e. The van der Waals surface area contributed by atoms with E-state index in [0.29, 0.717) is 11.6 Å². The highest BCUT2D eigenvalue weighted by Crippen LogP contribution is 2.33. The first-order valence-electron chi connectivity index (χ1n) is 8.55. The number of carbonyl (C=O) groups excluding carboxylic acids is 1. The summed E-state index contributed by atoms with van der Waals surface area (Å²) in [6.45, 7) is 1.92. The minimum atomic E-state index is -3.94. The van der Waals surface area contributed by atoms with Crippen molar-refractivity contribution in [2.75, 3.05) is 11.4 Å². The Labute approximate surface area is 163 Å². The monoisotopic (exact) mass is 410 g/mol. The summed E-state index contributed by atoms with van der Waals surface area (Å²) in [6, 6.07) is 9.12. The van der Waals surface area contributed by atoms with E-state index in [0.717, 1.165) is 17.1 Å². The van der Waals surface area contributed by atoms with Crippen molar-refractivity contribution in [2.45, 2.75) is 30.7 Å². The van der Waals surface area contributed by atoms with Gasteiger partial charge in [-0.15, -0.1) is 0 Å². The molecular formula is C19H20ClFN2O3S. The summed E-state index contributed by atoms with van der Waals surface area (Å²) in [5.41, 5.74) is 0.414. The molecule has 1 fully saturated rings. The maximum Gasteiger partial charge on any atom is 0.264 e.